The summed E-state index contributed by atoms with van der Waals surface area (Å²) < 4.78 is 78.6. The predicted molar refractivity (Wildman–Crippen MR) is 76.7 cm³/mol. The molecule has 1 aromatic heterocycles. The minimum atomic E-state index is -4.89. The van der Waals surface area contributed by atoms with Crippen LogP contribution in [0.5, 0.6) is 0 Å². The molecule has 9 heteroatoms. The molecule has 1 aromatic carbocycles. The summed E-state index contributed by atoms with van der Waals surface area (Å²) >= 11 is 0. The highest BCUT2D eigenvalue weighted by Crippen LogP contribution is 2.37. The van der Waals surface area contributed by atoms with Crippen molar-refractivity contribution in [1.29, 1.82) is 0 Å². The molecule has 0 spiro atoms. The van der Waals surface area contributed by atoms with Crippen LogP contribution in [0.2, 0.25) is 0 Å². The van der Waals surface area contributed by atoms with Gasteiger partial charge in [-0.05, 0) is 31.5 Å². The molecule has 1 N–H and O–H groups in total. The zero-order valence-electron chi connectivity index (χ0n) is 12.9. The van der Waals surface area contributed by atoms with Crippen LogP contribution in [0, 0.1) is 6.92 Å². The Labute approximate surface area is 134 Å². The van der Waals surface area contributed by atoms with Gasteiger partial charge in [0.2, 0.25) is 0 Å². The Morgan fingerprint density at radius 3 is 2.29 bits per heavy atom. The number of nitrogens with zero attached hydrogens (tertiary/aromatic N) is 2. The molecule has 0 atom stereocenters. The summed E-state index contributed by atoms with van der Waals surface area (Å²) in [4.78, 5) is 0. The van der Waals surface area contributed by atoms with Gasteiger partial charge in [-0.15, -0.1) is 0 Å². The molecule has 0 saturated heterocycles. The first-order chi connectivity index (χ1) is 11.0. The van der Waals surface area contributed by atoms with Crippen molar-refractivity contribution in [3.05, 3.63) is 46.8 Å². The molecule has 2 aromatic rings. The highest BCUT2D eigenvalue weighted by molar-refractivity contribution is 5.45. The molecule has 3 nitrogen and oxygen atoms in total. The maximum Gasteiger partial charge on any atom is 0.416 e. The molecule has 0 radical (unpaired) electrons. The van der Waals surface area contributed by atoms with E-state index in [0.29, 0.717) is 24.0 Å². The zero-order valence-corrected chi connectivity index (χ0v) is 12.9. The third kappa shape index (κ3) is 4.01. The topological polar surface area (TPSA) is 29.9 Å². The van der Waals surface area contributed by atoms with E-state index in [9.17, 15) is 26.3 Å². The number of benzene rings is 1. The number of rotatable bonds is 4. The maximum atomic E-state index is 13.1. The summed E-state index contributed by atoms with van der Waals surface area (Å²) in [5.74, 6) is 0. The lowest BCUT2D eigenvalue weighted by Gasteiger charge is -2.16. The van der Waals surface area contributed by atoms with Crippen LogP contribution in [-0.4, -0.2) is 16.3 Å². The Morgan fingerprint density at radius 1 is 1.08 bits per heavy atom. The van der Waals surface area contributed by atoms with Gasteiger partial charge in [-0.2, -0.15) is 31.4 Å². The first kappa shape index (κ1) is 18.2. The molecule has 0 aliphatic rings. The largest absolute Gasteiger partial charge is 0.416 e. The minimum Gasteiger partial charge on any atom is -0.383 e. The van der Waals surface area contributed by atoms with Crippen molar-refractivity contribution < 1.29 is 26.3 Å². The Bertz CT molecular complexity index is 715. The summed E-state index contributed by atoms with van der Waals surface area (Å²) in [6, 6.07) is 1.62. The van der Waals surface area contributed by atoms with E-state index >= 15 is 0 Å². The highest BCUT2D eigenvalue weighted by atomic mass is 19.4. The monoisotopic (exact) mass is 351 g/mol. The number of halogens is 6. The van der Waals surface area contributed by atoms with Gasteiger partial charge in [-0.1, -0.05) is 6.07 Å². The fraction of sp³-hybridized carbons (Fsp3) is 0.400. The van der Waals surface area contributed by atoms with E-state index in [0.717, 1.165) is 6.07 Å². The molecule has 0 aliphatic carbocycles. The molecule has 2 rings (SSSR count). The average molecular weight is 351 g/mol. The van der Waals surface area contributed by atoms with Gasteiger partial charge in [-0.3, -0.25) is 4.68 Å². The summed E-state index contributed by atoms with van der Waals surface area (Å²) in [7, 11) is 0. The van der Waals surface area contributed by atoms with Crippen LogP contribution in [0.25, 0.3) is 0 Å². The average Bonchev–Trinajstić information content (AvgIpc) is 2.77. The van der Waals surface area contributed by atoms with Crippen LogP contribution in [0.15, 0.2) is 24.4 Å². The van der Waals surface area contributed by atoms with Crippen molar-refractivity contribution >= 4 is 5.69 Å². The number of aryl methyl sites for hydroxylation is 1. The number of anilines is 1. The molecule has 0 aliphatic heterocycles. The van der Waals surface area contributed by atoms with Gasteiger partial charge in [0.25, 0.3) is 0 Å². The van der Waals surface area contributed by atoms with Crippen molar-refractivity contribution in [2.24, 2.45) is 0 Å². The smallest absolute Gasteiger partial charge is 0.383 e. The molecular weight excluding hydrogens is 336 g/mol. The number of hydrogen-bond acceptors (Lipinski definition) is 2. The van der Waals surface area contributed by atoms with Gasteiger partial charge in [0, 0.05) is 12.7 Å². The number of alkyl halides is 6. The summed E-state index contributed by atoms with van der Waals surface area (Å²) in [5, 5.41) is 7.09. The van der Waals surface area contributed by atoms with Gasteiger partial charge in [0.05, 0.1) is 29.1 Å². The SMILES string of the molecule is CCNc1cn(Cc2ccc(C(F)(F)F)cc2C(F)(F)F)nc1C. The first-order valence-electron chi connectivity index (χ1n) is 7.07. The van der Waals surface area contributed by atoms with Crippen LogP contribution in [0.4, 0.5) is 32.0 Å². The second-order valence-electron chi connectivity index (χ2n) is 5.22. The van der Waals surface area contributed by atoms with Gasteiger partial charge in [0.1, 0.15) is 0 Å². The van der Waals surface area contributed by atoms with Gasteiger partial charge < -0.3 is 5.32 Å². The van der Waals surface area contributed by atoms with E-state index < -0.39 is 23.5 Å². The highest BCUT2D eigenvalue weighted by Gasteiger charge is 2.38. The van der Waals surface area contributed by atoms with Crippen molar-refractivity contribution in [3.8, 4) is 0 Å². The van der Waals surface area contributed by atoms with Gasteiger partial charge >= 0.3 is 12.4 Å². The van der Waals surface area contributed by atoms with Gasteiger partial charge in [-0.25, -0.2) is 0 Å². The predicted octanol–water partition coefficient (Wildman–Crippen LogP) is 4.71. The van der Waals surface area contributed by atoms with E-state index in [-0.39, 0.29) is 18.2 Å². The fourth-order valence-corrected chi connectivity index (χ4v) is 2.29. The van der Waals surface area contributed by atoms with Crippen molar-refractivity contribution in [3.63, 3.8) is 0 Å². The third-order valence-corrected chi connectivity index (χ3v) is 3.39. The molecule has 0 saturated carbocycles. The second kappa shape index (κ2) is 6.37. The summed E-state index contributed by atoms with van der Waals surface area (Å²) in [6.07, 6.45) is -8.20. The molecule has 0 amide bonds. The van der Waals surface area contributed by atoms with Crippen LogP contribution >= 0.6 is 0 Å². The molecule has 132 valence electrons. The Balaban J connectivity index is 2.41. The zero-order chi connectivity index (χ0) is 18.1. The summed E-state index contributed by atoms with van der Waals surface area (Å²) in [5.41, 5.74) is -1.66. The lowest BCUT2D eigenvalue weighted by atomic mass is 10.0. The van der Waals surface area contributed by atoms with Gasteiger partial charge in [0.15, 0.2) is 0 Å². The number of aromatic nitrogens is 2. The standard InChI is InChI=1S/C15H15F6N3/c1-3-22-13-8-24(23-9(13)2)7-10-4-5-11(14(16,17)18)6-12(10)15(19,20)21/h4-6,8,22H,3,7H2,1-2H3. The minimum absolute atomic E-state index is 0.136. The third-order valence-electron chi connectivity index (χ3n) is 3.39. The van der Waals surface area contributed by atoms with Crippen molar-refractivity contribution in [2.45, 2.75) is 32.7 Å². The van der Waals surface area contributed by atoms with E-state index in [2.05, 4.69) is 10.4 Å². The van der Waals surface area contributed by atoms with E-state index in [1.165, 1.54) is 10.9 Å². The Hall–Kier alpha value is -2.19. The lowest BCUT2D eigenvalue weighted by Crippen LogP contribution is -2.15. The molecule has 24 heavy (non-hydrogen) atoms. The number of hydrogen-bond donors (Lipinski definition) is 1. The normalized spacial score (nSPS) is 12.5. The quantitative estimate of drug-likeness (QED) is 0.809. The maximum absolute atomic E-state index is 13.1. The van der Waals surface area contributed by atoms with E-state index in [1.807, 2.05) is 6.92 Å². The Kier molecular flexibility index (Phi) is 4.82. The van der Waals surface area contributed by atoms with Crippen molar-refractivity contribution in [2.75, 3.05) is 11.9 Å². The lowest BCUT2D eigenvalue weighted by molar-refractivity contribution is -0.143. The Morgan fingerprint density at radius 2 is 1.75 bits per heavy atom. The van der Waals surface area contributed by atoms with Crippen LogP contribution in [-0.2, 0) is 18.9 Å². The molecule has 1 heterocycles. The van der Waals surface area contributed by atoms with Crippen molar-refractivity contribution in [1.82, 2.24) is 9.78 Å². The molecule has 0 bridgehead atoms. The molecule has 0 fully saturated rings. The summed E-state index contributed by atoms with van der Waals surface area (Å²) in [6.45, 7) is 3.88. The fourth-order valence-electron chi connectivity index (χ4n) is 2.29. The van der Waals surface area contributed by atoms with Crippen LogP contribution < -0.4 is 5.32 Å². The first-order valence-corrected chi connectivity index (χ1v) is 7.07. The van der Waals surface area contributed by atoms with Crippen LogP contribution in [0.3, 0.4) is 0 Å². The molecule has 0 unspecified atom stereocenters. The van der Waals surface area contributed by atoms with E-state index in [1.54, 1.807) is 6.92 Å². The van der Waals surface area contributed by atoms with E-state index in [4.69, 9.17) is 0 Å². The molecular formula is C15H15F6N3. The number of nitrogens with one attached hydrogen (secondary N) is 1. The van der Waals surface area contributed by atoms with Crippen LogP contribution in [0.1, 0.15) is 29.3 Å². The second-order valence-corrected chi connectivity index (χ2v) is 5.22.